The zero-order chi connectivity index (χ0) is 18.3. The Morgan fingerprint density at radius 1 is 1.33 bits per heavy atom. The Morgan fingerprint density at radius 2 is 2.00 bits per heavy atom. The first kappa shape index (κ1) is 20.1. The predicted molar refractivity (Wildman–Crippen MR) is 93.4 cm³/mol. The molecule has 0 aliphatic rings. The molecule has 0 radical (unpaired) electrons. The van der Waals surface area contributed by atoms with E-state index in [1.54, 1.807) is 0 Å². The number of hydrogen-bond acceptors (Lipinski definition) is 5. The van der Waals surface area contributed by atoms with Crippen LogP contribution in [0.4, 0.5) is 5.69 Å². The molecule has 130 valence electrons. The summed E-state index contributed by atoms with van der Waals surface area (Å²) in [6, 6.07) is 2.83. The van der Waals surface area contributed by atoms with Crippen LogP contribution in [0.5, 0.6) is 0 Å². The molecule has 0 heterocycles. The fourth-order valence-electron chi connectivity index (χ4n) is 1.75. The number of nitrogens with zero attached hydrogens (tertiary/aromatic N) is 1. The van der Waals surface area contributed by atoms with Crippen LogP contribution in [0.3, 0.4) is 0 Å². The van der Waals surface area contributed by atoms with Crippen molar-refractivity contribution in [1.29, 1.82) is 0 Å². The molecule has 0 aliphatic carbocycles. The molecule has 0 bridgehead atoms. The molecule has 1 amide bonds. The fraction of sp³-hybridized carbons (Fsp3) is 0.375. The van der Waals surface area contributed by atoms with Gasteiger partial charge in [-0.2, -0.15) is 0 Å². The summed E-state index contributed by atoms with van der Waals surface area (Å²) < 4.78 is 4.96. The number of Topliss-reactive ketones (excluding diaryl/α,β-unsaturated/α-hetero) is 1. The third kappa shape index (κ3) is 5.32. The Balaban J connectivity index is 3.15. The average molecular weight is 373 g/mol. The topological polar surface area (TPSA) is 84.8 Å². The zero-order valence-corrected chi connectivity index (χ0v) is 15.1. The summed E-state index contributed by atoms with van der Waals surface area (Å²) in [6.07, 6.45) is 1.79. The number of benzene rings is 1. The molecule has 0 saturated carbocycles. The van der Waals surface area contributed by atoms with Gasteiger partial charge in [0.25, 0.3) is 5.91 Å². The summed E-state index contributed by atoms with van der Waals surface area (Å²) >= 11 is 12.1. The van der Waals surface area contributed by atoms with Crippen molar-refractivity contribution in [2.45, 2.75) is 20.3 Å². The Labute approximate surface area is 150 Å². The minimum Gasteiger partial charge on any atom is -0.465 e. The second-order valence-corrected chi connectivity index (χ2v) is 5.71. The highest BCUT2D eigenvalue weighted by Gasteiger charge is 2.23. The highest BCUT2D eigenvalue weighted by molar-refractivity contribution is 6.38. The summed E-state index contributed by atoms with van der Waals surface area (Å²) in [5.41, 5.74) is 0.323. The van der Waals surface area contributed by atoms with E-state index in [4.69, 9.17) is 27.9 Å². The van der Waals surface area contributed by atoms with Crippen LogP contribution in [0, 0.1) is 5.92 Å². The fourth-order valence-corrected chi connectivity index (χ4v) is 2.20. The van der Waals surface area contributed by atoms with E-state index in [1.165, 1.54) is 26.1 Å². The molecule has 8 heteroatoms. The van der Waals surface area contributed by atoms with Gasteiger partial charge in [-0.05, 0) is 25.5 Å². The molecule has 0 aliphatic heterocycles. The zero-order valence-electron chi connectivity index (χ0n) is 13.6. The van der Waals surface area contributed by atoms with Crippen LogP contribution < -0.4 is 5.32 Å². The van der Waals surface area contributed by atoms with Gasteiger partial charge in [0.15, 0.2) is 5.92 Å². The minimum atomic E-state index is -1.14. The Kier molecular flexibility index (Phi) is 7.88. The van der Waals surface area contributed by atoms with Crippen LogP contribution in [0.15, 0.2) is 17.1 Å². The molecular weight excluding hydrogens is 355 g/mol. The average Bonchev–Trinajstić information content (AvgIpc) is 2.54. The normalized spacial score (nSPS) is 12.0. The lowest BCUT2D eigenvalue weighted by molar-refractivity contribution is -0.148. The number of ketones is 1. The maximum Gasteiger partial charge on any atom is 0.321 e. The third-order valence-corrected chi connectivity index (χ3v) is 3.61. The molecule has 24 heavy (non-hydrogen) atoms. The van der Waals surface area contributed by atoms with Gasteiger partial charge in [-0.1, -0.05) is 30.1 Å². The van der Waals surface area contributed by atoms with Crippen LogP contribution in [0.2, 0.25) is 10.0 Å². The maximum atomic E-state index is 11.9. The van der Waals surface area contributed by atoms with Crippen molar-refractivity contribution in [2.24, 2.45) is 10.9 Å². The largest absolute Gasteiger partial charge is 0.465 e. The second-order valence-electron chi connectivity index (χ2n) is 4.90. The minimum absolute atomic E-state index is 0.0687. The molecule has 0 saturated heterocycles. The van der Waals surface area contributed by atoms with Gasteiger partial charge < -0.3 is 10.1 Å². The van der Waals surface area contributed by atoms with Crippen molar-refractivity contribution < 1.29 is 19.1 Å². The van der Waals surface area contributed by atoms with Gasteiger partial charge in [0.1, 0.15) is 5.78 Å². The molecule has 6 nitrogen and oxygen atoms in total. The van der Waals surface area contributed by atoms with Crippen molar-refractivity contribution in [3.05, 3.63) is 27.7 Å². The summed E-state index contributed by atoms with van der Waals surface area (Å²) in [6.45, 7) is 3.32. The van der Waals surface area contributed by atoms with Crippen LogP contribution >= 0.6 is 23.2 Å². The van der Waals surface area contributed by atoms with E-state index in [0.29, 0.717) is 6.42 Å². The Hall–Kier alpha value is -1.92. The van der Waals surface area contributed by atoms with E-state index in [-0.39, 0.29) is 27.9 Å². The molecule has 0 spiro atoms. The summed E-state index contributed by atoms with van der Waals surface area (Å²) in [7, 11) is 1.46. The summed E-state index contributed by atoms with van der Waals surface area (Å²) in [5, 5.41) is 2.76. The summed E-state index contributed by atoms with van der Waals surface area (Å²) in [4.78, 5) is 39.3. The number of carbonyl (C=O) groups is 3. The van der Waals surface area contributed by atoms with Crippen molar-refractivity contribution in [3.8, 4) is 0 Å². The number of amides is 1. The number of hydrogen-bond donors (Lipinski definition) is 1. The van der Waals surface area contributed by atoms with Crippen LogP contribution in [-0.2, 0) is 14.3 Å². The van der Waals surface area contributed by atoms with E-state index >= 15 is 0 Å². The first-order valence-electron chi connectivity index (χ1n) is 7.24. The standard InChI is InChI=1S/C16H18Cl2N2O4/c1-4-5-24-16(23)12(9(2)21)8-20-13-7-10(17)6-11(14(13)18)15(22)19-3/h6-8,12H,4-5H2,1-3H3,(H,19,22). The van der Waals surface area contributed by atoms with Crippen molar-refractivity contribution >= 4 is 52.8 Å². The van der Waals surface area contributed by atoms with E-state index in [2.05, 4.69) is 10.3 Å². The maximum absolute atomic E-state index is 11.9. The quantitative estimate of drug-likeness (QED) is 0.452. The molecule has 1 rings (SSSR count). The van der Waals surface area contributed by atoms with E-state index < -0.39 is 23.6 Å². The van der Waals surface area contributed by atoms with Gasteiger partial charge in [-0.3, -0.25) is 19.4 Å². The first-order chi connectivity index (χ1) is 11.3. The Bertz CT molecular complexity index is 674. The molecule has 1 N–H and O–H groups in total. The van der Waals surface area contributed by atoms with Gasteiger partial charge in [-0.15, -0.1) is 0 Å². The van der Waals surface area contributed by atoms with E-state index in [9.17, 15) is 14.4 Å². The molecule has 0 aromatic heterocycles. The van der Waals surface area contributed by atoms with Gasteiger partial charge >= 0.3 is 5.97 Å². The lowest BCUT2D eigenvalue weighted by Crippen LogP contribution is -2.25. The summed E-state index contributed by atoms with van der Waals surface area (Å²) in [5.74, 6) is -2.67. The number of rotatable bonds is 7. The smallest absolute Gasteiger partial charge is 0.321 e. The number of ether oxygens (including phenoxy) is 1. The third-order valence-electron chi connectivity index (χ3n) is 2.99. The lowest BCUT2D eigenvalue weighted by Gasteiger charge is -2.09. The van der Waals surface area contributed by atoms with Crippen molar-refractivity contribution in [3.63, 3.8) is 0 Å². The SMILES string of the molecule is CCCOC(=O)C(C=Nc1cc(Cl)cc(C(=O)NC)c1Cl)C(C)=O. The molecule has 0 fully saturated rings. The highest BCUT2D eigenvalue weighted by atomic mass is 35.5. The number of halogens is 2. The first-order valence-corrected chi connectivity index (χ1v) is 7.99. The lowest BCUT2D eigenvalue weighted by atomic mass is 10.1. The Morgan fingerprint density at radius 3 is 2.54 bits per heavy atom. The molecule has 1 unspecified atom stereocenters. The number of esters is 1. The number of nitrogens with one attached hydrogen (secondary N) is 1. The second kappa shape index (κ2) is 9.39. The van der Waals surface area contributed by atoms with Gasteiger partial charge in [-0.25, -0.2) is 0 Å². The number of carbonyl (C=O) groups excluding carboxylic acids is 3. The van der Waals surface area contributed by atoms with Crippen LogP contribution in [-0.4, -0.2) is 37.5 Å². The van der Waals surface area contributed by atoms with Crippen LogP contribution in [0.25, 0.3) is 0 Å². The predicted octanol–water partition coefficient (Wildman–Crippen LogP) is 3.21. The monoisotopic (exact) mass is 372 g/mol. The highest BCUT2D eigenvalue weighted by Crippen LogP contribution is 2.32. The molecule has 1 atom stereocenters. The van der Waals surface area contributed by atoms with Gasteiger partial charge in [0, 0.05) is 18.3 Å². The van der Waals surface area contributed by atoms with Crippen LogP contribution in [0.1, 0.15) is 30.6 Å². The molecular formula is C16H18Cl2N2O4. The van der Waals surface area contributed by atoms with Crippen molar-refractivity contribution in [2.75, 3.05) is 13.7 Å². The van der Waals surface area contributed by atoms with E-state index in [1.807, 2.05) is 6.92 Å². The van der Waals surface area contributed by atoms with Gasteiger partial charge in [0.05, 0.1) is 22.9 Å². The van der Waals surface area contributed by atoms with Gasteiger partial charge in [0.2, 0.25) is 0 Å². The molecule has 1 aromatic rings. The molecule has 1 aromatic carbocycles. The number of aliphatic imine (C=N–C) groups is 1. The van der Waals surface area contributed by atoms with E-state index in [0.717, 1.165) is 6.21 Å². The van der Waals surface area contributed by atoms with Crippen molar-refractivity contribution in [1.82, 2.24) is 5.32 Å².